The fourth-order valence-electron chi connectivity index (χ4n) is 3.11. The molecule has 0 spiro atoms. The summed E-state index contributed by atoms with van der Waals surface area (Å²) >= 11 is 0. The average molecular weight is 232 g/mol. The lowest BCUT2D eigenvalue weighted by atomic mass is 9.77. The molecule has 0 aliphatic heterocycles. The molecule has 1 saturated carbocycles. The highest BCUT2D eigenvalue weighted by molar-refractivity contribution is 5.26. The number of benzene rings is 1. The van der Waals surface area contributed by atoms with Crippen LogP contribution in [-0.2, 0) is 6.42 Å². The number of rotatable bonds is 4. The molecule has 1 unspecified atom stereocenters. The van der Waals surface area contributed by atoms with E-state index in [0.717, 1.165) is 12.3 Å². The lowest BCUT2D eigenvalue weighted by molar-refractivity contribution is 0.147. The van der Waals surface area contributed by atoms with Gasteiger partial charge in [-0.25, -0.2) is 0 Å². The Morgan fingerprint density at radius 1 is 1.18 bits per heavy atom. The van der Waals surface area contributed by atoms with Gasteiger partial charge < -0.3 is 5.11 Å². The molecule has 1 fully saturated rings. The maximum atomic E-state index is 9.63. The van der Waals surface area contributed by atoms with Crippen LogP contribution in [0.15, 0.2) is 24.3 Å². The fraction of sp³-hybridized carbons (Fsp3) is 0.625. The third-order valence-electron chi connectivity index (χ3n) is 4.29. The lowest BCUT2D eigenvalue weighted by Gasteiger charge is -2.29. The zero-order valence-corrected chi connectivity index (χ0v) is 10.9. The van der Waals surface area contributed by atoms with Gasteiger partial charge in [0.2, 0.25) is 0 Å². The van der Waals surface area contributed by atoms with Crippen molar-refractivity contribution in [3.63, 3.8) is 0 Å². The maximum Gasteiger partial charge on any atom is 0.0465 e. The average Bonchev–Trinajstić information content (AvgIpc) is 2.39. The molecule has 17 heavy (non-hydrogen) atoms. The molecule has 1 aromatic rings. The van der Waals surface area contributed by atoms with Crippen molar-refractivity contribution in [2.45, 2.75) is 45.4 Å². The van der Waals surface area contributed by atoms with Crippen LogP contribution in [0, 0.1) is 18.8 Å². The van der Waals surface area contributed by atoms with E-state index in [1.54, 1.807) is 0 Å². The highest BCUT2D eigenvalue weighted by Gasteiger charge is 2.23. The Labute approximate surface area is 105 Å². The molecule has 0 radical (unpaired) electrons. The highest BCUT2D eigenvalue weighted by Crippen LogP contribution is 2.32. The van der Waals surface area contributed by atoms with Gasteiger partial charge in [-0.2, -0.15) is 0 Å². The van der Waals surface area contributed by atoms with E-state index in [9.17, 15) is 5.11 Å². The van der Waals surface area contributed by atoms with Gasteiger partial charge in [-0.3, -0.25) is 0 Å². The van der Waals surface area contributed by atoms with Crippen LogP contribution in [0.4, 0.5) is 0 Å². The summed E-state index contributed by atoms with van der Waals surface area (Å²) in [5, 5.41) is 9.63. The van der Waals surface area contributed by atoms with Gasteiger partial charge in [0.15, 0.2) is 0 Å². The molecule has 2 rings (SSSR count). The van der Waals surface area contributed by atoms with Crippen molar-refractivity contribution in [2.24, 2.45) is 11.8 Å². The standard InChI is InChI=1S/C16H24O/c1-13-7-5-6-10-15(13)11-16(12-17)14-8-3-2-4-9-14/h5-7,10,14,16-17H,2-4,8-9,11-12H2,1H3. The van der Waals surface area contributed by atoms with Crippen LogP contribution < -0.4 is 0 Å². The van der Waals surface area contributed by atoms with Gasteiger partial charge in [-0.05, 0) is 36.3 Å². The Morgan fingerprint density at radius 2 is 1.88 bits per heavy atom. The summed E-state index contributed by atoms with van der Waals surface area (Å²) < 4.78 is 0. The number of aliphatic hydroxyl groups excluding tert-OH is 1. The molecule has 1 aliphatic rings. The van der Waals surface area contributed by atoms with Gasteiger partial charge in [0.25, 0.3) is 0 Å². The summed E-state index contributed by atoms with van der Waals surface area (Å²) in [5.74, 6) is 1.21. The second-order valence-corrected chi connectivity index (χ2v) is 5.47. The van der Waals surface area contributed by atoms with Crippen molar-refractivity contribution in [1.29, 1.82) is 0 Å². The predicted molar refractivity (Wildman–Crippen MR) is 72.0 cm³/mol. The molecular formula is C16H24O. The normalized spacial score (nSPS) is 19.2. The SMILES string of the molecule is Cc1ccccc1CC(CO)C1CCCCC1. The van der Waals surface area contributed by atoms with Crippen molar-refractivity contribution < 1.29 is 5.11 Å². The number of hydrogen-bond donors (Lipinski definition) is 1. The molecule has 1 heteroatoms. The van der Waals surface area contributed by atoms with E-state index in [-0.39, 0.29) is 0 Å². The monoisotopic (exact) mass is 232 g/mol. The summed E-state index contributed by atoms with van der Waals surface area (Å²) in [4.78, 5) is 0. The van der Waals surface area contributed by atoms with E-state index in [4.69, 9.17) is 0 Å². The van der Waals surface area contributed by atoms with E-state index >= 15 is 0 Å². The molecule has 1 atom stereocenters. The van der Waals surface area contributed by atoms with E-state index in [1.807, 2.05) is 0 Å². The summed E-state index contributed by atoms with van der Waals surface area (Å²) in [6, 6.07) is 8.58. The smallest absolute Gasteiger partial charge is 0.0465 e. The van der Waals surface area contributed by atoms with Crippen LogP contribution in [0.3, 0.4) is 0 Å². The number of aliphatic hydroxyl groups is 1. The Kier molecular flexibility index (Phi) is 4.61. The van der Waals surface area contributed by atoms with Crippen LogP contribution >= 0.6 is 0 Å². The molecule has 0 saturated heterocycles. The Morgan fingerprint density at radius 3 is 2.53 bits per heavy atom. The number of aryl methyl sites for hydroxylation is 1. The van der Waals surface area contributed by atoms with Gasteiger partial charge >= 0.3 is 0 Å². The molecule has 94 valence electrons. The maximum absolute atomic E-state index is 9.63. The number of hydrogen-bond acceptors (Lipinski definition) is 1. The fourth-order valence-corrected chi connectivity index (χ4v) is 3.11. The van der Waals surface area contributed by atoms with Crippen LogP contribution in [0.1, 0.15) is 43.2 Å². The van der Waals surface area contributed by atoms with Crippen molar-refractivity contribution in [2.75, 3.05) is 6.61 Å². The second kappa shape index (κ2) is 6.20. The predicted octanol–water partition coefficient (Wildman–Crippen LogP) is 3.73. The van der Waals surface area contributed by atoms with Gasteiger partial charge in [-0.15, -0.1) is 0 Å². The first kappa shape index (κ1) is 12.6. The van der Waals surface area contributed by atoms with Crippen molar-refractivity contribution >= 4 is 0 Å². The molecule has 0 bridgehead atoms. The van der Waals surface area contributed by atoms with Crippen LogP contribution in [0.25, 0.3) is 0 Å². The molecule has 0 amide bonds. The summed E-state index contributed by atoms with van der Waals surface area (Å²) in [5.41, 5.74) is 2.78. The molecular weight excluding hydrogens is 208 g/mol. The van der Waals surface area contributed by atoms with Gasteiger partial charge in [0.1, 0.15) is 0 Å². The minimum atomic E-state index is 0.346. The van der Waals surface area contributed by atoms with Gasteiger partial charge in [0.05, 0.1) is 0 Å². The van der Waals surface area contributed by atoms with E-state index in [0.29, 0.717) is 12.5 Å². The summed E-state index contributed by atoms with van der Waals surface area (Å²) in [6.45, 7) is 2.52. The van der Waals surface area contributed by atoms with Crippen molar-refractivity contribution in [1.82, 2.24) is 0 Å². The molecule has 0 aromatic heterocycles. The minimum Gasteiger partial charge on any atom is -0.396 e. The largest absolute Gasteiger partial charge is 0.396 e. The zero-order chi connectivity index (χ0) is 12.1. The third-order valence-corrected chi connectivity index (χ3v) is 4.29. The van der Waals surface area contributed by atoms with E-state index < -0.39 is 0 Å². The topological polar surface area (TPSA) is 20.2 Å². The quantitative estimate of drug-likeness (QED) is 0.838. The minimum absolute atomic E-state index is 0.346. The molecule has 1 aromatic carbocycles. The molecule has 1 nitrogen and oxygen atoms in total. The van der Waals surface area contributed by atoms with Crippen LogP contribution in [0.5, 0.6) is 0 Å². The van der Waals surface area contributed by atoms with E-state index in [1.165, 1.54) is 43.2 Å². The third kappa shape index (κ3) is 3.32. The Bertz CT molecular complexity index is 339. The summed E-state index contributed by atoms with van der Waals surface area (Å²) in [7, 11) is 0. The second-order valence-electron chi connectivity index (χ2n) is 5.47. The van der Waals surface area contributed by atoms with Gasteiger partial charge in [0, 0.05) is 6.61 Å². The highest BCUT2D eigenvalue weighted by atomic mass is 16.3. The molecule has 1 N–H and O–H groups in total. The van der Waals surface area contributed by atoms with Crippen LogP contribution in [0.2, 0.25) is 0 Å². The van der Waals surface area contributed by atoms with Crippen molar-refractivity contribution in [3.8, 4) is 0 Å². The first-order chi connectivity index (χ1) is 8.31. The Balaban J connectivity index is 2.01. The van der Waals surface area contributed by atoms with Crippen LogP contribution in [-0.4, -0.2) is 11.7 Å². The summed E-state index contributed by atoms with van der Waals surface area (Å²) in [6.07, 6.45) is 7.78. The van der Waals surface area contributed by atoms with Gasteiger partial charge in [-0.1, -0.05) is 56.4 Å². The molecule has 0 heterocycles. The Hall–Kier alpha value is -0.820. The van der Waals surface area contributed by atoms with E-state index in [2.05, 4.69) is 31.2 Å². The lowest BCUT2D eigenvalue weighted by Crippen LogP contribution is -2.23. The first-order valence-corrected chi connectivity index (χ1v) is 6.96. The molecule has 1 aliphatic carbocycles. The first-order valence-electron chi connectivity index (χ1n) is 6.96. The van der Waals surface area contributed by atoms with Crippen molar-refractivity contribution in [3.05, 3.63) is 35.4 Å². The zero-order valence-electron chi connectivity index (χ0n) is 10.9.